The lowest BCUT2D eigenvalue weighted by Gasteiger charge is -2.21. The van der Waals surface area contributed by atoms with Gasteiger partial charge in [-0.25, -0.2) is 0 Å². The van der Waals surface area contributed by atoms with E-state index >= 15 is 0 Å². The van der Waals surface area contributed by atoms with Crippen molar-refractivity contribution in [1.82, 2.24) is 4.90 Å². The van der Waals surface area contributed by atoms with Crippen LogP contribution in [0.15, 0.2) is 18.2 Å². The summed E-state index contributed by atoms with van der Waals surface area (Å²) in [6.07, 6.45) is 0.273. The van der Waals surface area contributed by atoms with Crippen LogP contribution in [0.25, 0.3) is 0 Å². The number of rotatable bonds is 8. The van der Waals surface area contributed by atoms with Crippen LogP contribution in [-0.4, -0.2) is 43.5 Å². The van der Waals surface area contributed by atoms with E-state index in [4.69, 9.17) is 4.74 Å². The highest BCUT2D eigenvalue weighted by molar-refractivity contribution is 5.92. The van der Waals surface area contributed by atoms with E-state index < -0.39 is 0 Å². The Morgan fingerprint density at radius 3 is 2.52 bits per heavy atom. The highest BCUT2D eigenvalue weighted by atomic mass is 16.5. The fourth-order valence-electron chi connectivity index (χ4n) is 2.41. The summed E-state index contributed by atoms with van der Waals surface area (Å²) in [5.41, 5.74) is 3.06. The first kappa shape index (κ1) is 19.2. The fraction of sp³-hybridized carbons (Fsp3) is 0.556. The van der Waals surface area contributed by atoms with Gasteiger partial charge < -0.3 is 15.0 Å². The van der Waals surface area contributed by atoms with Crippen LogP contribution in [0.5, 0.6) is 0 Å². The van der Waals surface area contributed by atoms with Gasteiger partial charge in [0.05, 0.1) is 6.61 Å². The molecule has 1 aromatic rings. The second-order valence-corrected chi connectivity index (χ2v) is 5.99. The zero-order valence-electron chi connectivity index (χ0n) is 14.8. The van der Waals surface area contributed by atoms with Crippen molar-refractivity contribution in [3.8, 4) is 0 Å². The molecule has 0 saturated carbocycles. The van der Waals surface area contributed by atoms with Crippen molar-refractivity contribution in [2.45, 2.75) is 40.0 Å². The summed E-state index contributed by atoms with van der Waals surface area (Å²) >= 11 is 0. The van der Waals surface area contributed by atoms with Crippen LogP contribution < -0.4 is 5.32 Å². The smallest absolute Gasteiger partial charge is 0.226 e. The van der Waals surface area contributed by atoms with E-state index in [1.54, 1.807) is 12.0 Å². The number of nitrogens with one attached hydrogen (secondary N) is 1. The first-order valence-electron chi connectivity index (χ1n) is 8.00. The number of ether oxygens (including phenoxy) is 1. The van der Waals surface area contributed by atoms with E-state index in [-0.39, 0.29) is 18.2 Å². The second-order valence-electron chi connectivity index (χ2n) is 5.99. The number of para-hydroxylation sites is 1. The molecule has 5 nitrogen and oxygen atoms in total. The van der Waals surface area contributed by atoms with Gasteiger partial charge in [-0.3, -0.25) is 9.59 Å². The third-order valence-corrected chi connectivity index (χ3v) is 3.81. The highest BCUT2D eigenvalue weighted by Gasteiger charge is 2.14. The number of aryl methyl sites for hydroxylation is 1. The first-order chi connectivity index (χ1) is 10.9. The Morgan fingerprint density at radius 1 is 1.26 bits per heavy atom. The lowest BCUT2D eigenvalue weighted by Crippen LogP contribution is -2.34. The van der Waals surface area contributed by atoms with Gasteiger partial charge in [-0.15, -0.1) is 0 Å². The van der Waals surface area contributed by atoms with Crippen LogP contribution in [0, 0.1) is 6.92 Å². The molecule has 0 fully saturated rings. The lowest BCUT2D eigenvalue weighted by atomic mass is 9.98. The maximum absolute atomic E-state index is 12.3. The number of carbonyl (C=O) groups excluding carboxylic acids is 2. The molecule has 128 valence electrons. The number of amides is 2. The van der Waals surface area contributed by atoms with Crippen molar-refractivity contribution < 1.29 is 14.3 Å². The molecule has 0 aromatic heterocycles. The van der Waals surface area contributed by atoms with Gasteiger partial charge >= 0.3 is 0 Å². The Kier molecular flexibility index (Phi) is 7.75. The van der Waals surface area contributed by atoms with Crippen LogP contribution >= 0.6 is 0 Å². The maximum Gasteiger partial charge on any atom is 0.226 e. The molecule has 0 spiro atoms. The number of hydrogen-bond donors (Lipinski definition) is 1. The molecule has 0 heterocycles. The Morgan fingerprint density at radius 2 is 1.96 bits per heavy atom. The third kappa shape index (κ3) is 6.02. The summed E-state index contributed by atoms with van der Waals surface area (Å²) in [5.74, 6) is 0.207. The normalized spacial score (nSPS) is 10.7. The quantitative estimate of drug-likeness (QED) is 0.801. The Hall–Kier alpha value is -1.88. The number of anilines is 1. The van der Waals surface area contributed by atoms with Crippen LogP contribution in [-0.2, 0) is 14.3 Å². The van der Waals surface area contributed by atoms with Crippen molar-refractivity contribution in [3.63, 3.8) is 0 Å². The Labute approximate surface area is 139 Å². The van der Waals surface area contributed by atoms with E-state index in [2.05, 4.69) is 19.2 Å². The van der Waals surface area contributed by atoms with Gasteiger partial charge in [0, 0.05) is 39.2 Å². The summed E-state index contributed by atoms with van der Waals surface area (Å²) in [6, 6.07) is 6.03. The molecule has 0 bridgehead atoms. The average molecular weight is 320 g/mol. The van der Waals surface area contributed by atoms with Gasteiger partial charge in [-0.2, -0.15) is 0 Å². The zero-order valence-corrected chi connectivity index (χ0v) is 14.8. The van der Waals surface area contributed by atoms with E-state index in [1.165, 1.54) is 6.92 Å². The molecule has 0 radical (unpaired) electrons. The summed E-state index contributed by atoms with van der Waals surface area (Å²) in [7, 11) is 1.59. The zero-order chi connectivity index (χ0) is 17.4. The lowest BCUT2D eigenvalue weighted by molar-refractivity contribution is -0.130. The molecule has 0 saturated heterocycles. The minimum atomic E-state index is -0.0788. The van der Waals surface area contributed by atoms with Gasteiger partial charge in [0.1, 0.15) is 0 Å². The van der Waals surface area contributed by atoms with Crippen LogP contribution in [0.1, 0.15) is 44.2 Å². The largest absolute Gasteiger partial charge is 0.383 e. The highest BCUT2D eigenvalue weighted by Crippen LogP contribution is 2.27. The summed E-state index contributed by atoms with van der Waals surface area (Å²) in [6.45, 7) is 9.07. The van der Waals surface area contributed by atoms with Crippen molar-refractivity contribution >= 4 is 17.5 Å². The van der Waals surface area contributed by atoms with Crippen LogP contribution in [0.2, 0.25) is 0 Å². The molecule has 0 aliphatic carbocycles. The van der Waals surface area contributed by atoms with Crippen molar-refractivity contribution in [3.05, 3.63) is 29.3 Å². The summed E-state index contributed by atoms with van der Waals surface area (Å²) < 4.78 is 4.99. The molecule has 5 heteroatoms. The molecule has 1 N–H and O–H groups in total. The number of methoxy groups -OCH3 is 1. The Bertz CT molecular complexity index is 541. The topological polar surface area (TPSA) is 58.6 Å². The third-order valence-electron chi connectivity index (χ3n) is 3.81. The van der Waals surface area contributed by atoms with Crippen LogP contribution in [0.3, 0.4) is 0 Å². The van der Waals surface area contributed by atoms with Crippen LogP contribution in [0.4, 0.5) is 5.69 Å². The standard InChI is InChI=1S/C18H28N2O3/c1-13(2)16-8-6-7-14(3)18(16)19-17(22)9-10-20(15(4)21)11-12-23-5/h6-8,13H,9-12H2,1-5H3,(H,19,22). The Balaban J connectivity index is 2.68. The molecule has 0 atom stereocenters. The van der Waals surface area contributed by atoms with Gasteiger partial charge in [0.2, 0.25) is 11.8 Å². The minimum Gasteiger partial charge on any atom is -0.383 e. The monoisotopic (exact) mass is 320 g/mol. The number of nitrogens with zero attached hydrogens (tertiary/aromatic N) is 1. The van der Waals surface area contributed by atoms with Gasteiger partial charge in [-0.1, -0.05) is 32.0 Å². The van der Waals surface area contributed by atoms with E-state index in [0.717, 1.165) is 16.8 Å². The number of hydrogen-bond acceptors (Lipinski definition) is 3. The number of carbonyl (C=O) groups is 2. The molecular weight excluding hydrogens is 292 g/mol. The summed E-state index contributed by atoms with van der Waals surface area (Å²) in [5, 5.41) is 3.00. The van der Waals surface area contributed by atoms with Gasteiger partial charge in [0.15, 0.2) is 0 Å². The van der Waals surface area contributed by atoms with Crippen molar-refractivity contribution in [2.75, 3.05) is 32.1 Å². The molecule has 0 unspecified atom stereocenters. The summed E-state index contributed by atoms with van der Waals surface area (Å²) in [4.78, 5) is 25.4. The first-order valence-corrected chi connectivity index (χ1v) is 8.00. The molecule has 1 rings (SSSR count). The molecule has 1 aromatic carbocycles. The second kappa shape index (κ2) is 9.30. The van der Waals surface area contributed by atoms with Crippen molar-refractivity contribution in [2.24, 2.45) is 0 Å². The molecule has 0 aliphatic heterocycles. The SMILES string of the molecule is COCCN(CCC(=O)Nc1c(C)cccc1C(C)C)C(C)=O. The van der Waals surface area contributed by atoms with Gasteiger partial charge in [0.25, 0.3) is 0 Å². The molecule has 23 heavy (non-hydrogen) atoms. The molecular formula is C18H28N2O3. The van der Waals surface area contributed by atoms with Gasteiger partial charge in [-0.05, 0) is 24.0 Å². The maximum atomic E-state index is 12.3. The van der Waals surface area contributed by atoms with Crippen molar-refractivity contribution in [1.29, 1.82) is 0 Å². The predicted octanol–water partition coefficient (Wildman–Crippen LogP) is 2.94. The average Bonchev–Trinajstić information content (AvgIpc) is 2.48. The number of benzene rings is 1. The minimum absolute atomic E-state index is 0.0476. The van der Waals surface area contributed by atoms with E-state index in [1.807, 2.05) is 25.1 Å². The van der Waals surface area contributed by atoms with E-state index in [9.17, 15) is 9.59 Å². The van der Waals surface area contributed by atoms with E-state index in [0.29, 0.717) is 25.6 Å². The predicted molar refractivity (Wildman–Crippen MR) is 92.6 cm³/mol. The molecule has 2 amide bonds. The molecule has 0 aliphatic rings. The fourth-order valence-corrected chi connectivity index (χ4v) is 2.41.